The van der Waals surface area contributed by atoms with Crippen LogP contribution >= 0.6 is 35.0 Å². The first-order chi connectivity index (χ1) is 9.56. The third kappa shape index (κ3) is 2.28. The number of hydrogen-bond acceptors (Lipinski definition) is 4. The van der Waals surface area contributed by atoms with Gasteiger partial charge in [0.15, 0.2) is 0 Å². The molecule has 1 amide bonds. The lowest BCUT2D eigenvalue weighted by Gasteiger charge is -2.07. The number of benzene rings is 1. The molecular weight excluding hydrogens is 319 g/mol. The van der Waals surface area contributed by atoms with Gasteiger partial charge in [-0.2, -0.15) is 0 Å². The Bertz CT molecular complexity index is 749. The molecule has 0 saturated heterocycles. The Labute approximate surface area is 128 Å². The van der Waals surface area contributed by atoms with Crippen LogP contribution < -0.4 is 5.32 Å². The summed E-state index contributed by atoms with van der Waals surface area (Å²) in [6.07, 6.45) is 1.63. The minimum absolute atomic E-state index is 0.288. The topological polar surface area (TPSA) is 59.1 Å². The van der Waals surface area contributed by atoms with Crippen LogP contribution in [0.15, 0.2) is 40.4 Å². The Morgan fingerprint density at radius 3 is 2.70 bits per heavy atom. The van der Waals surface area contributed by atoms with E-state index in [2.05, 4.69) is 10.3 Å². The van der Waals surface area contributed by atoms with Crippen LogP contribution in [0.3, 0.4) is 0 Å². The Kier molecular flexibility index (Phi) is 3.41. The monoisotopic (exact) mass is 324 g/mol. The zero-order valence-corrected chi connectivity index (χ0v) is 12.1. The van der Waals surface area contributed by atoms with Crippen molar-refractivity contribution in [1.82, 2.24) is 4.98 Å². The van der Waals surface area contributed by atoms with Gasteiger partial charge in [-0.05, 0) is 24.3 Å². The average molecular weight is 325 g/mol. The van der Waals surface area contributed by atoms with E-state index < -0.39 is 11.7 Å². The molecule has 100 valence electrons. The van der Waals surface area contributed by atoms with Crippen LogP contribution in [0.4, 0.5) is 5.69 Å². The second-order valence-corrected chi connectivity index (χ2v) is 5.85. The predicted octanol–water partition coefficient (Wildman–Crippen LogP) is 3.67. The molecule has 1 aromatic carbocycles. The number of pyridine rings is 1. The lowest BCUT2D eigenvalue weighted by Crippen LogP contribution is -2.12. The van der Waals surface area contributed by atoms with Gasteiger partial charge in [-0.3, -0.25) is 9.59 Å². The van der Waals surface area contributed by atoms with E-state index in [0.29, 0.717) is 25.7 Å². The largest absolute Gasteiger partial charge is 0.318 e. The molecule has 0 atom stereocenters. The Hall–Kier alpha value is -1.56. The molecule has 3 rings (SSSR count). The highest BCUT2D eigenvalue weighted by atomic mass is 35.5. The smallest absolute Gasteiger partial charge is 0.296 e. The average Bonchev–Trinajstić information content (AvgIpc) is 2.69. The SMILES string of the molecule is O=C1Nc2cc(Sc3ncccc3Cl)c(Cl)cc2C1=O. The Morgan fingerprint density at radius 2 is 1.95 bits per heavy atom. The number of fused-ring (bicyclic) bond motifs is 1. The van der Waals surface area contributed by atoms with Crippen molar-refractivity contribution < 1.29 is 9.59 Å². The molecule has 0 saturated carbocycles. The van der Waals surface area contributed by atoms with Crippen molar-refractivity contribution in [2.24, 2.45) is 0 Å². The summed E-state index contributed by atoms with van der Waals surface area (Å²) in [6.45, 7) is 0. The molecule has 1 aliphatic heterocycles. The molecule has 2 heterocycles. The molecule has 0 spiro atoms. The molecule has 1 N–H and O–H groups in total. The number of carbonyl (C=O) groups is 2. The van der Waals surface area contributed by atoms with Crippen molar-refractivity contribution in [1.29, 1.82) is 0 Å². The van der Waals surface area contributed by atoms with Gasteiger partial charge in [0.25, 0.3) is 11.7 Å². The zero-order chi connectivity index (χ0) is 14.3. The van der Waals surface area contributed by atoms with E-state index in [1.54, 1.807) is 24.4 Å². The van der Waals surface area contributed by atoms with Gasteiger partial charge in [0, 0.05) is 11.1 Å². The number of halogens is 2. The summed E-state index contributed by atoms with van der Waals surface area (Å²) < 4.78 is 0. The maximum absolute atomic E-state index is 11.6. The molecule has 1 aliphatic rings. The van der Waals surface area contributed by atoms with Crippen molar-refractivity contribution in [3.8, 4) is 0 Å². The third-order valence-corrected chi connectivity index (χ3v) is 4.62. The standard InChI is InChI=1S/C13H6Cl2N2O2S/c14-7-2-1-3-16-13(7)20-10-5-9-6(4-8(10)15)11(18)12(19)17-9/h1-5H,(H,17,18,19). The molecular formula is C13H6Cl2N2O2S. The number of amides is 1. The number of aromatic nitrogens is 1. The maximum atomic E-state index is 11.6. The summed E-state index contributed by atoms with van der Waals surface area (Å²) in [5.41, 5.74) is 0.746. The first-order valence-electron chi connectivity index (χ1n) is 5.54. The van der Waals surface area contributed by atoms with Crippen LogP contribution in [0.1, 0.15) is 10.4 Å². The molecule has 7 heteroatoms. The Balaban J connectivity index is 2.01. The first kappa shape index (κ1) is 13.4. The lowest BCUT2D eigenvalue weighted by atomic mass is 10.1. The molecule has 0 unspecified atom stereocenters. The number of ketones is 1. The zero-order valence-electron chi connectivity index (χ0n) is 9.81. The van der Waals surface area contributed by atoms with Crippen molar-refractivity contribution in [2.75, 3.05) is 5.32 Å². The Morgan fingerprint density at radius 1 is 1.15 bits per heavy atom. The molecule has 4 nitrogen and oxygen atoms in total. The fraction of sp³-hybridized carbons (Fsp3) is 0. The van der Waals surface area contributed by atoms with Gasteiger partial charge in [-0.1, -0.05) is 35.0 Å². The highest BCUT2D eigenvalue weighted by Crippen LogP contribution is 2.39. The number of Topliss-reactive ketones (excluding diaryl/α,β-unsaturated/α-hetero) is 1. The van der Waals surface area contributed by atoms with E-state index in [0.717, 1.165) is 0 Å². The van der Waals surface area contributed by atoms with Crippen molar-refractivity contribution in [2.45, 2.75) is 9.92 Å². The molecule has 1 aromatic heterocycles. The quantitative estimate of drug-likeness (QED) is 0.856. The van der Waals surface area contributed by atoms with Crippen LogP contribution in [-0.2, 0) is 4.79 Å². The van der Waals surface area contributed by atoms with E-state index in [1.807, 2.05) is 0 Å². The van der Waals surface area contributed by atoms with E-state index >= 15 is 0 Å². The lowest BCUT2D eigenvalue weighted by molar-refractivity contribution is -0.112. The number of anilines is 1. The number of rotatable bonds is 2. The summed E-state index contributed by atoms with van der Waals surface area (Å²) in [6, 6.07) is 6.59. The van der Waals surface area contributed by atoms with Gasteiger partial charge < -0.3 is 5.32 Å². The van der Waals surface area contributed by atoms with Crippen molar-refractivity contribution in [3.63, 3.8) is 0 Å². The minimum atomic E-state index is -0.644. The van der Waals surface area contributed by atoms with Crippen LogP contribution in [0, 0.1) is 0 Å². The van der Waals surface area contributed by atoms with E-state index in [9.17, 15) is 9.59 Å². The predicted molar refractivity (Wildman–Crippen MR) is 77.8 cm³/mol. The van der Waals surface area contributed by atoms with Crippen LogP contribution in [-0.4, -0.2) is 16.7 Å². The fourth-order valence-electron chi connectivity index (χ4n) is 1.77. The molecule has 0 radical (unpaired) electrons. The second kappa shape index (κ2) is 5.09. The van der Waals surface area contributed by atoms with E-state index in [4.69, 9.17) is 23.2 Å². The number of hydrogen-bond donors (Lipinski definition) is 1. The fourth-order valence-corrected chi connectivity index (χ4v) is 3.11. The normalized spacial score (nSPS) is 13.3. The highest BCUT2D eigenvalue weighted by molar-refractivity contribution is 7.99. The molecule has 0 bridgehead atoms. The van der Waals surface area contributed by atoms with Gasteiger partial charge in [0.2, 0.25) is 0 Å². The van der Waals surface area contributed by atoms with Gasteiger partial charge >= 0.3 is 0 Å². The van der Waals surface area contributed by atoms with Crippen molar-refractivity contribution >= 4 is 52.3 Å². The van der Waals surface area contributed by atoms with Gasteiger partial charge in [-0.15, -0.1) is 0 Å². The van der Waals surface area contributed by atoms with E-state index in [1.165, 1.54) is 17.8 Å². The summed E-state index contributed by atoms with van der Waals surface area (Å²) >= 11 is 13.5. The van der Waals surface area contributed by atoms with E-state index in [-0.39, 0.29) is 5.56 Å². The summed E-state index contributed by atoms with van der Waals surface area (Å²) in [5.74, 6) is -1.22. The molecule has 0 fully saturated rings. The second-order valence-electron chi connectivity index (χ2n) is 4.00. The molecule has 20 heavy (non-hydrogen) atoms. The highest BCUT2D eigenvalue weighted by Gasteiger charge is 2.29. The molecule has 0 aliphatic carbocycles. The van der Waals surface area contributed by atoms with Crippen LogP contribution in [0.2, 0.25) is 10.0 Å². The number of nitrogens with zero attached hydrogens (tertiary/aromatic N) is 1. The van der Waals surface area contributed by atoms with Gasteiger partial charge in [0.05, 0.1) is 21.3 Å². The first-order valence-corrected chi connectivity index (χ1v) is 7.11. The number of carbonyl (C=O) groups excluding carboxylic acids is 2. The van der Waals surface area contributed by atoms with Gasteiger partial charge in [0.1, 0.15) is 5.03 Å². The third-order valence-electron chi connectivity index (χ3n) is 2.70. The summed E-state index contributed by atoms with van der Waals surface area (Å²) in [4.78, 5) is 27.7. The number of nitrogens with one attached hydrogen (secondary N) is 1. The summed E-state index contributed by atoms with van der Waals surface area (Å²) in [5, 5.41) is 3.99. The van der Waals surface area contributed by atoms with Crippen LogP contribution in [0.25, 0.3) is 0 Å². The van der Waals surface area contributed by atoms with Gasteiger partial charge in [-0.25, -0.2) is 4.98 Å². The van der Waals surface area contributed by atoms with Crippen molar-refractivity contribution in [3.05, 3.63) is 46.1 Å². The molecule has 2 aromatic rings. The summed E-state index contributed by atoms with van der Waals surface area (Å²) in [7, 11) is 0. The maximum Gasteiger partial charge on any atom is 0.296 e. The van der Waals surface area contributed by atoms with Crippen LogP contribution in [0.5, 0.6) is 0 Å². The minimum Gasteiger partial charge on any atom is -0.318 e.